The minimum atomic E-state index is -1.12. The Morgan fingerprint density at radius 3 is 1.61 bits per heavy atom. The van der Waals surface area contributed by atoms with E-state index >= 15 is 0 Å². The topological polar surface area (TPSA) is 187 Å². The van der Waals surface area contributed by atoms with Gasteiger partial charge in [0.15, 0.2) is 0 Å². The largest absolute Gasteiger partial charge is 0.481 e. The number of hydrogen-bond donors (Lipinski definition) is 4. The fraction of sp³-hybridized carbons (Fsp3) is 0.930. The Balaban J connectivity index is 0.828. The van der Waals surface area contributed by atoms with E-state index in [-0.39, 0.29) is 55.3 Å². The van der Waals surface area contributed by atoms with Gasteiger partial charge in [0.25, 0.3) is 0 Å². The summed E-state index contributed by atoms with van der Waals surface area (Å²) in [6.07, 6.45) is 22.2. The normalized spacial score (nSPS) is 38.6. The van der Waals surface area contributed by atoms with E-state index in [0.29, 0.717) is 42.1 Å². The molecule has 0 radical (unpaired) electrons. The number of nitrogens with one attached hydrogen (secondary N) is 2. The Kier molecular flexibility index (Phi) is 15.5. The molecule has 5 atom stereocenters. The van der Waals surface area contributed by atoms with Gasteiger partial charge in [-0.3, -0.25) is 24.5 Å². The van der Waals surface area contributed by atoms with Crippen LogP contribution in [0.15, 0.2) is 0 Å². The number of carboxylic acid groups (broad SMARTS) is 2. The Morgan fingerprint density at radius 1 is 0.625 bits per heavy atom. The molecule has 0 aromatic carbocycles. The molecule has 5 unspecified atom stereocenters. The Hall–Kier alpha value is -2.35. The SMILES string of the molecule is CC(C)(C1CCC(OC2CCC(NOCC3CCCCC3C(=O)O)CC2)CC1)C1CCC(OC2CCC(NC(=O)C3CCC([N+](=O)[O-])CC3C(=O)O)CC2)CC1. The first kappa shape index (κ1) is 43.2. The zero-order chi connectivity index (χ0) is 39.8. The smallest absolute Gasteiger partial charge is 0.307 e. The standard InChI is InChI=1S/C43H71N3O10/c1-43(2,29-9-18-34(19-10-29)56-36-22-13-31(14-23-36)45-54-26-27-5-3-4-6-37(27)41(48)49)28-7-16-33(17-8-28)55-35-20-11-30(12-21-35)44-40(47)38-24-15-32(46(52)53)25-39(38)42(50)51/h27-39,45H,3-26H2,1-2H3,(H,44,47)(H,48,49)(H,50,51). The maximum Gasteiger partial charge on any atom is 0.307 e. The van der Waals surface area contributed by atoms with Crippen LogP contribution in [0.3, 0.4) is 0 Å². The number of carbonyl (C=O) groups is 3. The average molecular weight is 790 g/mol. The van der Waals surface area contributed by atoms with E-state index in [0.717, 1.165) is 103 Å². The molecule has 0 aromatic heterocycles. The lowest BCUT2D eigenvalue weighted by Crippen LogP contribution is -2.48. The molecule has 6 aliphatic carbocycles. The molecule has 6 saturated carbocycles. The maximum atomic E-state index is 13.1. The summed E-state index contributed by atoms with van der Waals surface area (Å²) >= 11 is 0. The quantitative estimate of drug-likeness (QED) is 0.0953. The van der Waals surface area contributed by atoms with Crippen molar-refractivity contribution in [3.05, 3.63) is 10.1 Å². The molecule has 0 spiro atoms. The molecule has 0 heterocycles. The molecule has 318 valence electrons. The number of rotatable bonds is 15. The van der Waals surface area contributed by atoms with Gasteiger partial charge < -0.3 is 29.8 Å². The number of nitrogens with zero attached hydrogens (tertiary/aromatic N) is 1. The second-order valence-corrected chi connectivity index (χ2v) is 19.2. The molecule has 0 saturated heterocycles. The van der Waals surface area contributed by atoms with Crippen LogP contribution in [0.4, 0.5) is 0 Å². The lowest BCUT2D eigenvalue weighted by atomic mass is 9.60. The summed E-state index contributed by atoms with van der Waals surface area (Å²) < 4.78 is 13.3. The highest BCUT2D eigenvalue weighted by atomic mass is 16.6. The summed E-state index contributed by atoms with van der Waals surface area (Å²) in [5.74, 6) is -2.55. The summed E-state index contributed by atoms with van der Waals surface area (Å²) in [5, 5.41) is 33.5. The van der Waals surface area contributed by atoms with Crippen molar-refractivity contribution in [3.8, 4) is 0 Å². The number of aliphatic carboxylic acids is 2. The predicted octanol–water partition coefficient (Wildman–Crippen LogP) is 7.46. The molecule has 4 N–H and O–H groups in total. The maximum absolute atomic E-state index is 13.1. The lowest BCUT2D eigenvalue weighted by Gasteiger charge is -2.47. The Labute approximate surface area is 333 Å². The van der Waals surface area contributed by atoms with Gasteiger partial charge in [0.2, 0.25) is 11.9 Å². The number of carbonyl (C=O) groups excluding carboxylic acids is 1. The van der Waals surface area contributed by atoms with Crippen LogP contribution >= 0.6 is 0 Å². The van der Waals surface area contributed by atoms with E-state index in [1.807, 2.05) is 0 Å². The minimum Gasteiger partial charge on any atom is -0.481 e. The highest BCUT2D eigenvalue weighted by Crippen LogP contribution is 2.49. The van der Waals surface area contributed by atoms with E-state index in [1.165, 1.54) is 25.7 Å². The van der Waals surface area contributed by atoms with Gasteiger partial charge in [-0.15, -0.1) is 0 Å². The number of nitro groups is 1. The highest BCUT2D eigenvalue weighted by molar-refractivity contribution is 5.85. The number of ether oxygens (including phenoxy) is 2. The van der Waals surface area contributed by atoms with E-state index < -0.39 is 34.7 Å². The lowest BCUT2D eigenvalue weighted by molar-refractivity contribution is -0.528. The third kappa shape index (κ3) is 11.4. The molecule has 13 nitrogen and oxygen atoms in total. The second-order valence-electron chi connectivity index (χ2n) is 19.2. The summed E-state index contributed by atoms with van der Waals surface area (Å²) in [7, 11) is 0. The monoisotopic (exact) mass is 790 g/mol. The van der Waals surface area contributed by atoms with Gasteiger partial charge in [0, 0.05) is 29.8 Å². The van der Waals surface area contributed by atoms with Crippen LogP contribution in [0.2, 0.25) is 0 Å². The fourth-order valence-corrected chi connectivity index (χ4v) is 11.7. The van der Waals surface area contributed by atoms with Crippen LogP contribution in [-0.4, -0.2) is 82.1 Å². The van der Waals surface area contributed by atoms with Crippen molar-refractivity contribution in [2.75, 3.05) is 6.61 Å². The molecule has 56 heavy (non-hydrogen) atoms. The van der Waals surface area contributed by atoms with Gasteiger partial charge in [0.05, 0.1) is 48.8 Å². The molecule has 1 amide bonds. The Bertz CT molecular complexity index is 1300. The summed E-state index contributed by atoms with van der Waals surface area (Å²) in [6.45, 7) is 5.48. The first-order valence-corrected chi connectivity index (χ1v) is 22.4. The molecule has 6 fully saturated rings. The number of hydrogen-bond acceptors (Lipinski definition) is 9. The van der Waals surface area contributed by atoms with Crippen LogP contribution in [0.5, 0.6) is 0 Å². The average Bonchev–Trinajstić information content (AvgIpc) is 3.19. The van der Waals surface area contributed by atoms with Gasteiger partial charge in [-0.2, -0.15) is 5.48 Å². The summed E-state index contributed by atoms with van der Waals surface area (Å²) in [6, 6.07) is -0.584. The molecular formula is C43H71N3O10. The van der Waals surface area contributed by atoms with Crippen molar-refractivity contribution in [1.82, 2.24) is 10.8 Å². The first-order chi connectivity index (χ1) is 26.9. The predicted molar refractivity (Wildman–Crippen MR) is 209 cm³/mol. The minimum absolute atomic E-state index is 0.00634. The van der Waals surface area contributed by atoms with Gasteiger partial charge in [-0.1, -0.05) is 26.7 Å². The third-order valence-electron chi connectivity index (χ3n) is 15.5. The molecule has 0 aromatic rings. The zero-order valence-corrected chi connectivity index (χ0v) is 34.1. The van der Waals surface area contributed by atoms with E-state index in [9.17, 15) is 34.7 Å². The van der Waals surface area contributed by atoms with E-state index in [1.54, 1.807) is 0 Å². The number of carboxylic acids is 2. The fourth-order valence-electron chi connectivity index (χ4n) is 11.7. The highest BCUT2D eigenvalue weighted by Gasteiger charge is 2.45. The van der Waals surface area contributed by atoms with Crippen molar-refractivity contribution < 1.29 is 43.8 Å². The summed E-state index contributed by atoms with van der Waals surface area (Å²) in [5.41, 5.74) is 3.55. The number of hydroxylamine groups is 1. The van der Waals surface area contributed by atoms with Crippen molar-refractivity contribution in [2.45, 2.75) is 204 Å². The summed E-state index contributed by atoms with van der Waals surface area (Å²) in [4.78, 5) is 53.2. The molecular weight excluding hydrogens is 718 g/mol. The van der Waals surface area contributed by atoms with Crippen LogP contribution in [0.25, 0.3) is 0 Å². The molecule has 0 bridgehead atoms. The molecule has 6 aliphatic rings. The van der Waals surface area contributed by atoms with Crippen LogP contribution in [0.1, 0.15) is 162 Å². The van der Waals surface area contributed by atoms with Gasteiger partial charge in [-0.05, 0) is 145 Å². The van der Waals surface area contributed by atoms with Crippen molar-refractivity contribution in [2.24, 2.45) is 40.9 Å². The van der Waals surface area contributed by atoms with Crippen molar-refractivity contribution in [1.29, 1.82) is 0 Å². The molecule has 6 rings (SSSR count). The van der Waals surface area contributed by atoms with Crippen LogP contribution in [0, 0.1) is 51.0 Å². The van der Waals surface area contributed by atoms with Crippen LogP contribution in [-0.2, 0) is 28.7 Å². The number of amides is 1. The third-order valence-corrected chi connectivity index (χ3v) is 15.5. The van der Waals surface area contributed by atoms with Crippen LogP contribution < -0.4 is 10.8 Å². The Morgan fingerprint density at radius 2 is 1.11 bits per heavy atom. The van der Waals surface area contributed by atoms with Crippen molar-refractivity contribution >= 4 is 17.8 Å². The van der Waals surface area contributed by atoms with Crippen molar-refractivity contribution in [3.63, 3.8) is 0 Å². The first-order valence-electron chi connectivity index (χ1n) is 22.4. The van der Waals surface area contributed by atoms with E-state index in [4.69, 9.17) is 14.3 Å². The molecule has 13 heteroatoms. The van der Waals surface area contributed by atoms with Gasteiger partial charge >= 0.3 is 11.9 Å². The van der Waals surface area contributed by atoms with E-state index in [2.05, 4.69) is 24.6 Å². The second kappa shape index (κ2) is 20.1. The zero-order valence-electron chi connectivity index (χ0n) is 34.1. The van der Waals surface area contributed by atoms with Gasteiger partial charge in [-0.25, -0.2) is 0 Å². The molecule has 0 aliphatic heterocycles. The van der Waals surface area contributed by atoms with Gasteiger partial charge in [0.1, 0.15) is 0 Å².